The van der Waals surface area contributed by atoms with Crippen LogP contribution in [0.25, 0.3) is 10.9 Å². The molecule has 3 rings (SSSR count). The van der Waals surface area contributed by atoms with E-state index in [9.17, 15) is 14.4 Å². The number of nitrogens with zero attached hydrogens (tertiary/aromatic N) is 2. The summed E-state index contributed by atoms with van der Waals surface area (Å²) in [5.41, 5.74) is 1.64. The first-order valence-electron chi connectivity index (χ1n) is 9.98. The molecule has 1 heterocycles. The molecular weight excluding hydrogens is 398 g/mol. The highest BCUT2D eigenvalue weighted by Gasteiger charge is 2.19. The van der Waals surface area contributed by atoms with E-state index in [2.05, 4.69) is 17.2 Å². The Kier molecular flexibility index (Phi) is 7.05. The van der Waals surface area contributed by atoms with Gasteiger partial charge in [-0.05, 0) is 44.5 Å². The lowest BCUT2D eigenvalue weighted by molar-refractivity contribution is -0.115. The number of fused-ring (bicyclic) bond motifs is 1. The third-order valence-corrected chi connectivity index (χ3v) is 5.84. The first kappa shape index (κ1) is 21.8. The number of amides is 1. The number of ketones is 1. The third kappa shape index (κ3) is 4.97. The number of benzene rings is 2. The van der Waals surface area contributed by atoms with E-state index >= 15 is 0 Å². The van der Waals surface area contributed by atoms with Crippen molar-refractivity contribution in [2.75, 3.05) is 5.32 Å². The number of aromatic nitrogens is 2. The second-order valence-electron chi connectivity index (χ2n) is 7.11. The van der Waals surface area contributed by atoms with Crippen LogP contribution in [0.4, 0.5) is 5.69 Å². The molecule has 0 aliphatic heterocycles. The fourth-order valence-corrected chi connectivity index (χ4v) is 3.96. The molecule has 1 N–H and O–H groups in total. The van der Waals surface area contributed by atoms with E-state index in [0.29, 0.717) is 33.9 Å². The molecule has 6 nitrogen and oxygen atoms in total. The van der Waals surface area contributed by atoms with Crippen LogP contribution >= 0.6 is 11.8 Å². The van der Waals surface area contributed by atoms with Crippen LogP contribution < -0.4 is 10.9 Å². The first-order valence-corrected chi connectivity index (χ1v) is 10.9. The topological polar surface area (TPSA) is 81.1 Å². The highest BCUT2D eigenvalue weighted by Crippen LogP contribution is 2.24. The Morgan fingerprint density at radius 2 is 1.93 bits per heavy atom. The van der Waals surface area contributed by atoms with Gasteiger partial charge in [-0.25, -0.2) is 4.98 Å². The van der Waals surface area contributed by atoms with Crippen molar-refractivity contribution in [1.82, 2.24) is 9.55 Å². The van der Waals surface area contributed by atoms with Crippen molar-refractivity contribution in [3.05, 3.63) is 64.4 Å². The summed E-state index contributed by atoms with van der Waals surface area (Å²) >= 11 is 1.26. The molecule has 7 heteroatoms. The minimum Gasteiger partial charge on any atom is -0.325 e. The van der Waals surface area contributed by atoms with Gasteiger partial charge in [-0.3, -0.25) is 19.0 Å². The zero-order chi connectivity index (χ0) is 21.7. The fraction of sp³-hybridized carbons (Fsp3) is 0.304. The van der Waals surface area contributed by atoms with Crippen LogP contribution in [-0.2, 0) is 11.3 Å². The lowest BCUT2D eigenvalue weighted by Gasteiger charge is -2.16. The summed E-state index contributed by atoms with van der Waals surface area (Å²) in [5.74, 6) is -0.279. The Hall–Kier alpha value is -2.93. The summed E-state index contributed by atoms with van der Waals surface area (Å²) in [5, 5.41) is 3.48. The van der Waals surface area contributed by atoms with E-state index in [1.54, 1.807) is 41.8 Å². The van der Waals surface area contributed by atoms with Gasteiger partial charge >= 0.3 is 0 Å². The van der Waals surface area contributed by atoms with Gasteiger partial charge in [0.05, 0.1) is 16.2 Å². The second kappa shape index (κ2) is 9.71. The molecule has 1 atom stereocenters. The number of rotatable bonds is 8. The van der Waals surface area contributed by atoms with E-state index in [-0.39, 0.29) is 17.2 Å². The lowest BCUT2D eigenvalue weighted by atomic mass is 10.1. The standard InChI is InChI=1S/C23H25N3O3S/c1-4-5-13-26-22(29)19-11-6-7-12-20(19)25-23(26)30-16(3)21(28)24-18-10-8-9-17(14-18)15(2)27/h6-12,14,16H,4-5,13H2,1-3H3,(H,24,28). The Labute approximate surface area is 179 Å². The van der Waals surface area contributed by atoms with Crippen LogP contribution in [0.3, 0.4) is 0 Å². The number of Topliss-reactive ketones (excluding diaryl/α,β-unsaturated/α-hetero) is 1. The molecule has 0 saturated carbocycles. The number of carbonyl (C=O) groups is 2. The minimum absolute atomic E-state index is 0.0613. The molecule has 0 saturated heterocycles. The summed E-state index contributed by atoms with van der Waals surface area (Å²) < 4.78 is 1.66. The SMILES string of the molecule is CCCCn1c(SC(C)C(=O)Nc2cccc(C(C)=O)c2)nc2ccccc2c1=O. The number of carbonyl (C=O) groups excluding carboxylic acids is 2. The van der Waals surface area contributed by atoms with Gasteiger partial charge in [0.2, 0.25) is 5.91 Å². The number of nitrogens with one attached hydrogen (secondary N) is 1. The Bertz CT molecular complexity index is 1140. The summed E-state index contributed by atoms with van der Waals surface area (Å²) in [4.78, 5) is 41.9. The molecule has 0 aliphatic carbocycles. The van der Waals surface area contributed by atoms with E-state index in [4.69, 9.17) is 0 Å². The zero-order valence-corrected chi connectivity index (χ0v) is 18.2. The molecule has 0 spiro atoms. The quantitative estimate of drug-likeness (QED) is 0.327. The van der Waals surface area contributed by atoms with Crippen molar-refractivity contribution in [3.8, 4) is 0 Å². The van der Waals surface area contributed by atoms with Gasteiger partial charge in [-0.2, -0.15) is 0 Å². The molecule has 30 heavy (non-hydrogen) atoms. The molecule has 1 amide bonds. The van der Waals surface area contributed by atoms with Crippen molar-refractivity contribution in [2.45, 2.75) is 50.6 Å². The number of para-hydroxylation sites is 1. The maximum absolute atomic E-state index is 13.0. The summed E-state index contributed by atoms with van der Waals surface area (Å²) in [7, 11) is 0. The smallest absolute Gasteiger partial charge is 0.262 e. The molecule has 0 fully saturated rings. The normalized spacial score (nSPS) is 12.0. The molecule has 156 valence electrons. The van der Waals surface area contributed by atoms with Crippen LogP contribution in [0, 0.1) is 0 Å². The molecule has 3 aromatic rings. The first-order chi connectivity index (χ1) is 14.4. The largest absolute Gasteiger partial charge is 0.325 e. The van der Waals surface area contributed by atoms with Crippen molar-refractivity contribution < 1.29 is 9.59 Å². The van der Waals surface area contributed by atoms with Crippen LogP contribution in [-0.4, -0.2) is 26.5 Å². The van der Waals surface area contributed by atoms with Gasteiger partial charge in [-0.1, -0.05) is 49.4 Å². The third-order valence-electron chi connectivity index (χ3n) is 4.75. The average molecular weight is 424 g/mol. The summed E-state index contributed by atoms with van der Waals surface area (Å²) in [6, 6.07) is 14.1. The lowest BCUT2D eigenvalue weighted by Crippen LogP contribution is -2.27. The Balaban J connectivity index is 1.85. The molecule has 0 bridgehead atoms. The van der Waals surface area contributed by atoms with Crippen LogP contribution in [0.5, 0.6) is 0 Å². The van der Waals surface area contributed by atoms with Crippen molar-refractivity contribution in [1.29, 1.82) is 0 Å². The molecule has 1 unspecified atom stereocenters. The van der Waals surface area contributed by atoms with Crippen molar-refractivity contribution in [3.63, 3.8) is 0 Å². The summed E-state index contributed by atoms with van der Waals surface area (Å²) in [6.45, 7) is 5.89. The maximum atomic E-state index is 13.0. The van der Waals surface area contributed by atoms with Crippen LogP contribution in [0.2, 0.25) is 0 Å². The van der Waals surface area contributed by atoms with E-state index in [1.165, 1.54) is 18.7 Å². The van der Waals surface area contributed by atoms with Crippen LogP contribution in [0.1, 0.15) is 44.0 Å². The monoisotopic (exact) mass is 423 g/mol. The predicted molar refractivity (Wildman–Crippen MR) is 121 cm³/mol. The number of unbranched alkanes of at least 4 members (excludes halogenated alkanes) is 1. The molecule has 2 aromatic carbocycles. The Morgan fingerprint density at radius 3 is 2.67 bits per heavy atom. The molecule has 1 aromatic heterocycles. The van der Waals surface area contributed by atoms with Gasteiger partial charge in [0.1, 0.15) is 0 Å². The average Bonchev–Trinajstić information content (AvgIpc) is 2.73. The molecule has 0 aliphatic rings. The molecular formula is C23H25N3O3S. The molecule has 0 radical (unpaired) electrons. The number of thioether (sulfide) groups is 1. The van der Waals surface area contributed by atoms with Gasteiger partial charge in [0, 0.05) is 17.8 Å². The van der Waals surface area contributed by atoms with E-state index in [0.717, 1.165) is 12.8 Å². The highest BCUT2D eigenvalue weighted by molar-refractivity contribution is 8.00. The van der Waals surface area contributed by atoms with Gasteiger partial charge in [0.25, 0.3) is 5.56 Å². The number of anilines is 1. The van der Waals surface area contributed by atoms with Crippen LogP contribution in [0.15, 0.2) is 58.5 Å². The minimum atomic E-state index is -0.480. The van der Waals surface area contributed by atoms with E-state index in [1.807, 2.05) is 18.2 Å². The second-order valence-corrected chi connectivity index (χ2v) is 8.42. The summed E-state index contributed by atoms with van der Waals surface area (Å²) in [6.07, 6.45) is 1.80. The predicted octanol–water partition coefficient (Wildman–Crippen LogP) is 4.52. The Morgan fingerprint density at radius 1 is 1.17 bits per heavy atom. The fourth-order valence-electron chi connectivity index (χ4n) is 3.02. The van der Waals surface area contributed by atoms with Gasteiger partial charge < -0.3 is 5.32 Å². The van der Waals surface area contributed by atoms with Crippen molar-refractivity contribution in [2.24, 2.45) is 0 Å². The van der Waals surface area contributed by atoms with Gasteiger partial charge in [-0.15, -0.1) is 0 Å². The van der Waals surface area contributed by atoms with E-state index < -0.39 is 5.25 Å². The highest BCUT2D eigenvalue weighted by atomic mass is 32.2. The number of hydrogen-bond acceptors (Lipinski definition) is 5. The van der Waals surface area contributed by atoms with Gasteiger partial charge in [0.15, 0.2) is 10.9 Å². The number of hydrogen-bond donors (Lipinski definition) is 1. The zero-order valence-electron chi connectivity index (χ0n) is 17.3. The maximum Gasteiger partial charge on any atom is 0.262 e. The van der Waals surface area contributed by atoms with Crippen molar-refractivity contribution >= 4 is 40.0 Å².